The number of aryl methyl sites for hydroxylation is 1. The van der Waals surface area contributed by atoms with Gasteiger partial charge in [-0.3, -0.25) is 4.79 Å². The Morgan fingerprint density at radius 1 is 1.53 bits per heavy atom. The van der Waals surface area contributed by atoms with Crippen LogP contribution < -0.4 is 5.32 Å². The second-order valence-corrected chi connectivity index (χ2v) is 5.48. The molecule has 1 N–H and O–H groups in total. The number of carbonyl (C=O) groups is 1. The van der Waals surface area contributed by atoms with E-state index in [1.165, 1.54) is 0 Å². The quantitative estimate of drug-likeness (QED) is 0.734. The molecular formula is C13H22BrN3O2. The van der Waals surface area contributed by atoms with Gasteiger partial charge in [-0.25, -0.2) is 0 Å². The average molecular weight is 332 g/mol. The number of carbonyl (C=O) groups excluding carboxylic acids is 1. The molecule has 0 aliphatic heterocycles. The second kappa shape index (κ2) is 8.35. The number of nitrogens with zero attached hydrogens (tertiary/aromatic N) is 2. The molecular weight excluding hydrogens is 310 g/mol. The van der Waals surface area contributed by atoms with Crippen molar-refractivity contribution < 1.29 is 9.53 Å². The van der Waals surface area contributed by atoms with Crippen LogP contribution in [0.1, 0.15) is 16.9 Å². The molecule has 108 valence electrons. The van der Waals surface area contributed by atoms with E-state index in [4.69, 9.17) is 4.74 Å². The predicted octanol–water partition coefficient (Wildman–Crippen LogP) is 1.49. The van der Waals surface area contributed by atoms with Gasteiger partial charge in [0.25, 0.3) is 5.91 Å². The molecule has 1 aromatic rings. The zero-order valence-corrected chi connectivity index (χ0v) is 13.4. The summed E-state index contributed by atoms with van der Waals surface area (Å²) < 4.78 is 7.74. The Hall–Kier alpha value is -0.850. The molecule has 1 rings (SSSR count). The highest BCUT2D eigenvalue weighted by molar-refractivity contribution is 9.10. The van der Waals surface area contributed by atoms with Gasteiger partial charge in [-0.2, -0.15) is 0 Å². The molecule has 0 aliphatic carbocycles. The number of ether oxygens (including phenoxy) is 1. The Balaban J connectivity index is 2.22. The van der Waals surface area contributed by atoms with Crippen LogP contribution in [0.3, 0.4) is 0 Å². The molecule has 0 spiro atoms. The lowest BCUT2D eigenvalue weighted by molar-refractivity contribution is 0.0943. The third-order valence-electron chi connectivity index (χ3n) is 2.88. The molecule has 0 aromatic carbocycles. The summed E-state index contributed by atoms with van der Waals surface area (Å²) in [5.41, 5.74) is 0.666. The minimum atomic E-state index is -0.0345. The van der Waals surface area contributed by atoms with Crippen LogP contribution in [-0.4, -0.2) is 55.8 Å². The van der Waals surface area contributed by atoms with E-state index in [1.807, 2.05) is 23.9 Å². The summed E-state index contributed by atoms with van der Waals surface area (Å²) in [6.07, 6.45) is 2.80. The first-order chi connectivity index (χ1) is 9.04. The van der Waals surface area contributed by atoms with Crippen LogP contribution in [0.4, 0.5) is 0 Å². The zero-order chi connectivity index (χ0) is 14.3. The van der Waals surface area contributed by atoms with Gasteiger partial charge in [-0.15, -0.1) is 0 Å². The van der Waals surface area contributed by atoms with Gasteiger partial charge in [-0.1, -0.05) is 0 Å². The normalized spacial score (nSPS) is 11.0. The Morgan fingerprint density at radius 3 is 2.84 bits per heavy atom. The fourth-order valence-corrected chi connectivity index (χ4v) is 2.27. The summed E-state index contributed by atoms with van der Waals surface area (Å²) in [5, 5.41) is 2.93. The largest absolute Gasteiger partial charge is 0.383 e. The van der Waals surface area contributed by atoms with Gasteiger partial charge in [0.1, 0.15) is 5.69 Å². The van der Waals surface area contributed by atoms with E-state index in [1.54, 1.807) is 7.11 Å². The van der Waals surface area contributed by atoms with Crippen molar-refractivity contribution in [1.82, 2.24) is 14.8 Å². The number of hydrogen-bond donors (Lipinski definition) is 1. The summed E-state index contributed by atoms with van der Waals surface area (Å²) >= 11 is 3.36. The maximum Gasteiger partial charge on any atom is 0.267 e. The molecule has 0 atom stereocenters. The van der Waals surface area contributed by atoms with Crippen LogP contribution in [0.15, 0.2) is 16.7 Å². The molecule has 6 heteroatoms. The van der Waals surface area contributed by atoms with Crippen molar-refractivity contribution in [3.05, 3.63) is 22.4 Å². The Kier molecular flexibility index (Phi) is 7.12. The highest BCUT2D eigenvalue weighted by atomic mass is 79.9. The van der Waals surface area contributed by atoms with Crippen molar-refractivity contribution in [3.63, 3.8) is 0 Å². The van der Waals surface area contributed by atoms with E-state index < -0.39 is 0 Å². The maximum absolute atomic E-state index is 11.9. The van der Waals surface area contributed by atoms with Crippen molar-refractivity contribution in [2.24, 2.45) is 7.05 Å². The number of hydrogen-bond acceptors (Lipinski definition) is 3. The first-order valence-corrected chi connectivity index (χ1v) is 7.11. The van der Waals surface area contributed by atoms with Crippen LogP contribution >= 0.6 is 15.9 Å². The third kappa shape index (κ3) is 5.76. The number of amides is 1. The number of likely N-dealkylation sites (N-methyl/N-ethyl adjacent to an activating group) is 1. The van der Waals surface area contributed by atoms with Gasteiger partial charge in [0.05, 0.1) is 6.61 Å². The minimum Gasteiger partial charge on any atom is -0.383 e. The van der Waals surface area contributed by atoms with Crippen molar-refractivity contribution in [2.45, 2.75) is 6.42 Å². The van der Waals surface area contributed by atoms with Gasteiger partial charge < -0.3 is 19.5 Å². The van der Waals surface area contributed by atoms with Crippen LogP contribution in [-0.2, 0) is 11.8 Å². The van der Waals surface area contributed by atoms with Crippen molar-refractivity contribution in [3.8, 4) is 0 Å². The number of nitrogens with one attached hydrogen (secondary N) is 1. The van der Waals surface area contributed by atoms with Crippen molar-refractivity contribution in [2.75, 3.05) is 40.4 Å². The third-order valence-corrected chi connectivity index (χ3v) is 3.32. The van der Waals surface area contributed by atoms with E-state index in [0.717, 1.165) is 30.6 Å². The van der Waals surface area contributed by atoms with E-state index in [0.29, 0.717) is 12.2 Å². The summed E-state index contributed by atoms with van der Waals surface area (Å²) in [4.78, 5) is 14.1. The fraction of sp³-hybridized carbons (Fsp3) is 0.615. The Labute approximate surface area is 123 Å². The monoisotopic (exact) mass is 331 g/mol. The average Bonchev–Trinajstić information content (AvgIpc) is 2.71. The zero-order valence-electron chi connectivity index (χ0n) is 11.8. The topological polar surface area (TPSA) is 46.5 Å². The molecule has 0 radical (unpaired) electrons. The van der Waals surface area contributed by atoms with Gasteiger partial charge >= 0.3 is 0 Å². The number of aromatic nitrogens is 1. The standard InChI is InChI=1S/C13H22BrN3O2/c1-16(7-8-19-3)6-4-5-15-13(18)12-9-11(14)10-17(12)2/h9-10H,4-8H2,1-3H3,(H,15,18). The summed E-state index contributed by atoms with van der Waals surface area (Å²) in [5.74, 6) is -0.0345. The lowest BCUT2D eigenvalue weighted by Gasteiger charge is -2.15. The van der Waals surface area contributed by atoms with E-state index >= 15 is 0 Å². The molecule has 1 amide bonds. The van der Waals surface area contributed by atoms with E-state index in [9.17, 15) is 4.79 Å². The molecule has 0 unspecified atom stereocenters. The summed E-state index contributed by atoms with van der Waals surface area (Å²) in [6.45, 7) is 3.27. The highest BCUT2D eigenvalue weighted by Crippen LogP contribution is 2.13. The molecule has 5 nitrogen and oxygen atoms in total. The molecule has 0 aliphatic rings. The molecule has 1 aromatic heterocycles. The van der Waals surface area contributed by atoms with Crippen LogP contribution in [0.25, 0.3) is 0 Å². The van der Waals surface area contributed by atoms with Gasteiger partial charge in [-0.05, 0) is 42.0 Å². The summed E-state index contributed by atoms with van der Waals surface area (Å²) in [7, 11) is 5.61. The number of rotatable bonds is 8. The lowest BCUT2D eigenvalue weighted by Crippen LogP contribution is -2.30. The van der Waals surface area contributed by atoms with Crippen LogP contribution in [0.5, 0.6) is 0 Å². The first-order valence-electron chi connectivity index (χ1n) is 6.32. The molecule has 1 heterocycles. The number of halogens is 1. The molecule has 0 saturated carbocycles. The van der Waals surface area contributed by atoms with Gasteiger partial charge in [0, 0.05) is 37.9 Å². The molecule has 19 heavy (non-hydrogen) atoms. The SMILES string of the molecule is COCCN(C)CCCNC(=O)c1cc(Br)cn1C. The van der Waals surface area contributed by atoms with E-state index in [2.05, 4.69) is 33.2 Å². The highest BCUT2D eigenvalue weighted by Gasteiger charge is 2.10. The second-order valence-electron chi connectivity index (χ2n) is 4.56. The Bertz CT molecular complexity index is 407. The van der Waals surface area contributed by atoms with Crippen LogP contribution in [0.2, 0.25) is 0 Å². The minimum absolute atomic E-state index is 0.0345. The Morgan fingerprint density at radius 2 is 2.26 bits per heavy atom. The molecule has 0 bridgehead atoms. The smallest absolute Gasteiger partial charge is 0.267 e. The molecule has 0 fully saturated rings. The maximum atomic E-state index is 11.9. The van der Waals surface area contributed by atoms with Crippen LogP contribution in [0, 0.1) is 0 Å². The van der Waals surface area contributed by atoms with Gasteiger partial charge in [0.2, 0.25) is 0 Å². The van der Waals surface area contributed by atoms with Gasteiger partial charge in [0.15, 0.2) is 0 Å². The lowest BCUT2D eigenvalue weighted by atomic mass is 10.3. The van der Waals surface area contributed by atoms with Crippen molar-refractivity contribution in [1.29, 1.82) is 0 Å². The van der Waals surface area contributed by atoms with E-state index in [-0.39, 0.29) is 5.91 Å². The fourth-order valence-electron chi connectivity index (χ4n) is 1.75. The first kappa shape index (κ1) is 16.2. The predicted molar refractivity (Wildman–Crippen MR) is 79.4 cm³/mol. The van der Waals surface area contributed by atoms with Crippen molar-refractivity contribution >= 4 is 21.8 Å². The summed E-state index contributed by atoms with van der Waals surface area (Å²) in [6, 6.07) is 1.82. The molecule has 0 saturated heterocycles. The number of methoxy groups -OCH3 is 1.